The third-order valence-electron chi connectivity index (χ3n) is 8.53. The lowest BCUT2D eigenvalue weighted by Gasteiger charge is -2.15. The van der Waals surface area contributed by atoms with Crippen LogP contribution in [0, 0.1) is 0 Å². The standard InChI is InChI=1S/C39H73ClO4/c1-3-5-7-9-11-13-15-17-19-21-23-25-27-29-31-33-38(41)43-36-37(35-40)44-39(42)34-32-30-28-26-24-22-20-18-16-14-12-10-8-6-4-2/h17,19,37H,3-16,18,20-36H2,1-2H3. The van der Waals surface area contributed by atoms with Gasteiger partial charge in [-0.15, -0.1) is 11.6 Å². The molecule has 0 aliphatic rings. The number of ether oxygens (including phenoxy) is 2. The second-order valence-corrected chi connectivity index (χ2v) is 13.3. The summed E-state index contributed by atoms with van der Waals surface area (Å²) in [6.07, 6.45) is 40.5. The van der Waals surface area contributed by atoms with Crippen LogP contribution in [0.3, 0.4) is 0 Å². The summed E-state index contributed by atoms with van der Waals surface area (Å²) in [7, 11) is 0. The molecule has 0 N–H and O–H groups in total. The molecular formula is C39H73ClO4. The molecular weight excluding hydrogens is 568 g/mol. The minimum atomic E-state index is -0.557. The van der Waals surface area contributed by atoms with Crippen molar-refractivity contribution in [3.05, 3.63) is 12.2 Å². The van der Waals surface area contributed by atoms with E-state index in [2.05, 4.69) is 26.0 Å². The summed E-state index contributed by atoms with van der Waals surface area (Å²) >= 11 is 5.97. The maximum absolute atomic E-state index is 12.2. The van der Waals surface area contributed by atoms with Crippen LogP contribution in [0.4, 0.5) is 0 Å². The average Bonchev–Trinajstić information content (AvgIpc) is 3.02. The highest BCUT2D eigenvalue weighted by atomic mass is 35.5. The van der Waals surface area contributed by atoms with E-state index in [0.717, 1.165) is 38.5 Å². The largest absolute Gasteiger partial charge is 0.462 e. The number of unbranched alkanes of at least 4 members (excludes halogenated alkanes) is 25. The Balaban J connectivity index is 3.53. The Kier molecular flexibility index (Phi) is 35.6. The highest BCUT2D eigenvalue weighted by Crippen LogP contribution is 2.15. The van der Waals surface area contributed by atoms with Crippen LogP contribution < -0.4 is 0 Å². The predicted molar refractivity (Wildman–Crippen MR) is 191 cm³/mol. The summed E-state index contributed by atoms with van der Waals surface area (Å²) in [6.45, 7) is 4.59. The average molecular weight is 641 g/mol. The Bertz CT molecular complexity index is 636. The van der Waals surface area contributed by atoms with Gasteiger partial charge in [0.15, 0.2) is 0 Å². The van der Waals surface area contributed by atoms with Crippen molar-refractivity contribution in [1.82, 2.24) is 0 Å². The summed E-state index contributed by atoms with van der Waals surface area (Å²) in [5, 5.41) is 0. The van der Waals surface area contributed by atoms with Gasteiger partial charge in [0.05, 0.1) is 5.88 Å². The van der Waals surface area contributed by atoms with Crippen LogP contribution in [0.5, 0.6) is 0 Å². The molecule has 0 heterocycles. The first-order chi connectivity index (χ1) is 21.6. The van der Waals surface area contributed by atoms with E-state index in [0.29, 0.717) is 12.8 Å². The van der Waals surface area contributed by atoms with Gasteiger partial charge < -0.3 is 9.47 Å². The van der Waals surface area contributed by atoms with Crippen LogP contribution in [0.25, 0.3) is 0 Å². The summed E-state index contributed by atoms with van der Waals surface area (Å²) in [5.41, 5.74) is 0. The fourth-order valence-electron chi connectivity index (χ4n) is 5.59. The highest BCUT2D eigenvalue weighted by Gasteiger charge is 2.16. The van der Waals surface area contributed by atoms with Gasteiger partial charge in [0.25, 0.3) is 0 Å². The van der Waals surface area contributed by atoms with E-state index in [1.807, 2.05) is 0 Å². The van der Waals surface area contributed by atoms with Crippen LogP contribution >= 0.6 is 11.6 Å². The van der Waals surface area contributed by atoms with Gasteiger partial charge in [0.2, 0.25) is 0 Å². The number of alkyl halides is 1. The minimum absolute atomic E-state index is 0.0536. The van der Waals surface area contributed by atoms with Crippen LogP contribution in [-0.4, -0.2) is 30.5 Å². The Morgan fingerprint density at radius 2 is 0.841 bits per heavy atom. The van der Waals surface area contributed by atoms with Crippen molar-refractivity contribution in [2.24, 2.45) is 0 Å². The van der Waals surface area contributed by atoms with E-state index in [-0.39, 0.29) is 24.4 Å². The van der Waals surface area contributed by atoms with Gasteiger partial charge in [-0.25, -0.2) is 0 Å². The summed E-state index contributed by atoms with van der Waals surface area (Å²) in [4.78, 5) is 24.3. The van der Waals surface area contributed by atoms with E-state index in [1.165, 1.54) is 141 Å². The van der Waals surface area contributed by atoms with Gasteiger partial charge in [-0.3, -0.25) is 9.59 Å². The van der Waals surface area contributed by atoms with Crippen molar-refractivity contribution in [3.8, 4) is 0 Å². The second-order valence-electron chi connectivity index (χ2n) is 13.0. The normalized spacial score (nSPS) is 12.2. The second kappa shape index (κ2) is 36.4. The first-order valence-electron chi connectivity index (χ1n) is 19.2. The molecule has 0 aromatic heterocycles. The molecule has 0 spiro atoms. The monoisotopic (exact) mass is 641 g/mol. The fraction of sp³-hybridized carbons (Fsp3) is 0.897. The number of carbonyl (C=O) groups excluding carboxylic acids is 2. The SMILES string of the molecule is CCCCCCCCC=CCCCCCCCC(=O)OCC(CCl)OC(=O)CCCCCCCCCCCCCCCCC. The predicted octanol–water partition coefficient (Wildman–Crippen LogP) is 13.0. The van der Waals surface area contributed by atoms with Crippen molar-refractivity contribution in [1.29, 1.82) is 0 Å². The number of esters is 2. The Morgan fingerprint density at radius 1 is 0.500 bits per heavy atom. The molecule has 0 saturated heterocycles. The van der Waals surface area contributed by atoms with Crippen molar-refractivity contribution in [2.45, 2.75) is 213 Å². The van der Waals surface area contributed by atoms with E-state index >= 15 is 0 Å². The molecule has 0 aromatic rings. The molecule has 5 heteroatoms. The molecule has 0 bridgehead atoms. The van der Waals surface area contributed by atoms with Crippen LogP contribution in [-0.2, 0) is 19.1 Å². The molecule has 0 aromatic carbocycles. The van der Waals surface area contributed by atoms with Gasteiger partial charge in [-0.1, -0.05) is 167 Å². The molecule has 0 aliphatic carbocycles. The summed E-state index contributed by atoms with van der Waals surface area (Å²) in [6, 6.07) is 0. The number of hydrogen-bond donors (Lipinski definition) is 0. The Hall–Kier alpha value is -1.03. The lowest BCUT2D eigenvalue weighted by molar-refractivity contribution is -0.157. The quantitative estimate of drug-likeness (QED) is 0.0299. The zero-order valence-corrected chi connectivity index (χ0v) is 30.1. The van der Waals surface area contributed by atoms with E-state index in [4.69, 9.17) is 21.1 Å². The van der Waals surface area contributed by atoms with E-state index in [1.54, 1.807) is 0 Å². The molecule has 4 nitrogen and oxygen atoms in total. The zero-order valence-electron chi connectivity index (χ0n) is 29.4. The fourth-order valence-corrected chi connectivity index (χ4v) is 5.75. The molecule has 1 atom stereocenters. The topological polar surface area (TPSA) is 52.6 Å². The number of halogens is 1. The Labute approximate surface area is 279 Å². The van der Waals surface area contributed by atoms with Crippen LogP contribution in [0.2, 0.25) is 0 Å². The van der Waals surface area contributed by atoms with Gasteiger partial charge >= 0.3 is 11.9 Å². The maximum atomic E-state index is 12.2. The molecule has 0 aliphatic heterocycles. The van der Waals surface area contributed by atoms with Gasteiger partial charge in [0.1, 0.15) is 12.7 Å². The number of allylic oxidation sites excluding steroid dienone is 2. The molecule has 260 valence electrons. The third kappa shape index (κ3) is 33.9. The lowest BCUT2D eigenvalue weighted by Crippen LogP contribution is -2.26. The molecule has 0 amide bonds. The smallest absolute Gasteiger partial charge is 0.306 e. The third-order valence-corrected chi connectivity index (χ3v) is 8.87. The van der Waals surface area contributed by atoms with Crippen LogP contribution in [0.15, 0.2) is 12.2 Å². The van der Waals surface area contributed by atoms with Crippen molar-refractivity contribution in [3.63, 3.8) is 0 Å². The van der Waals surface area contributed by atoms with Crippen molar-refractivity contribution < 1.29 is 19.1 Å². The maximum Gasteiger partial charge on any atom is 0.306 e. The number of hydrogen-bond acceptors (Lipinski definition) is 4. The van der Waals surface area contributed by atoms with Crippen LogP contribution in [0.1, 0.15) is 206 Å². The number of rotatable bonds is 35. The van der Waals surface area contributed by atoms with Crippen molar-refractivity contribution in [2.75, 3.05) is 12.5 Å². The van der Waals surface area contributed by atoms with Crippen molar-refractivity contribution >= 4 is 23.5 Å². The molecule has 0 fully saturated rings. The van der Waals surface area contributed by atoms with Gasteiger partial charge in [-0.05, 0) is 38.5 Å². The summed E-state index contributed by atoms with van der Waals surface area (Å²) in [5.74, 6) is -0.319. The van der Waals surface area contributed by atoms with Gasteiger partial charge in [0, 0.05) is 12.8 Å². The van der Waals surface area contributed by atoms with Gasteiger partial charge in [-0.2, -0.15) is 0 Å². The molecule has 1 unspecified atom stereocenters. The van der Waals surface area contributed by atoms with E-state index < -0.39 is 6.10 Å². The first-order valence-corrected chi connectivity index (χ1v) is 19.7. The Morgan fingerprint density at radius 3 is 1.23 bits per heavy atom. The zero-order chi connectivity index (χ0) is 32.2. The lowest BCUT2D eigenvalue weighted by atomic mass is 10.0. The summed E-state index contributed by atoms with van der Waals surface area (Å²) < 4.78 is 10.8. The molecule has 0 rings (SSSR count). The number of carbonyl (C=O) groups is 2. The minimum Gasteiger partial charge on any atom is -0.462 e. The molecule has 0 radical (unpaired) electrons. The highest BCUT2D eigenvalue weighted by molar-refractivity contribution is 6.18. The van der Waals surface area contributed by atoms with E-state index in [9.17, 15) is 9.59 Å². The molecule has 0 saturated carbocycles. The molecule has 44 heavy (non-hydrogen) atoms. The first kappa shape index (κ1) is 43.0.